The molecular weight excluding hydrogens is 244 g/mol. The molecule has 2 nitrogen and oxygen atoms in total. The van der Waals surface area contributed by atoms with E-state index in [9.17, 15) is 0 Å². The lowest BCUT2D eigenvalue weighted by Gasteiger charge is -2.20. The van der Waals surface area contributed by atoms with Crippen molar-refractivity contribution in [3.8, 4) is 0 Å². The van der Waals surface area contributed by atoms with E-state index >= 15 is 0 Å². The molecule has 1 aliphatic rings. The van der Waals surface area contributed by atoms with E-state index < -0.39 is 0 Å². The fourth-order valence-corrected chi connectivity index (χ4v) is 2.89. The number of rotatable bonds is 4. The van der Waals surface area contributed by atoms with Gasteiger partial charge in [-0.1, -0.05) is 30.3 Å². The van der Waals surface area contributed by atoms with Crippen LogP contribution in [0.15, 0.2) is 42.5 Å². The average molecular weight is 266 g/mol. The number of fused-ring (bicyclic) bond motifs is 1. The van der Waals surface area contributed by atoms with E-state index in [0.29, 0.717) is 0 Å². The summed E-state index contributed by atoms with van der Waals surface area (Å²) in [5.74, 6) is 0. The molecule has 1 heterocycles. The van der Waals surface area contributed by atoms with Gasteiger partial charge in [0.25, 0.3) is 0 Å². The van der Waals surface area contributed by atoms with Crippen LogP contribution < -0.4 is 10.2 Å². The molecular formula is C18H22N2. The van der Waals surface area contributed by atoms with Gasteiger partial charge in [0.15, 0.2) is 0 Å². The van der Waals surface area contributed by atoms with Crippen LogP contribution in [0, 0.1) is 13.8 Å². The number of hydrogen-bond donors (Lipinski definition) is 1. The van der Waals surface area contributed by atoms with Crippen LogP contribution in [0.25, 0.3) is 0 Å². The summed E-state index contributed by atoms with van der Waals surface area (Å²) < 4.78 is 0. The Bertz CT molecular complexity index is 604. The largest absolute Gasteiger partial charge is 0.383 e. The van der Waals surface area contributed by atoms with Crippen molar-refractivity contribution in [1.82, 2.24) is 0 Å². The Balaban J connectivity index is 1.60. The third-order valence-corrected chi connectivity index (χ3v) is 4.07. The minimum absolute atomic E-state index is 0.985. The molecule has 104 valence electrons. The van der Waals surface area contributed by atoms with Gasteiger partial charge in [-0.25, -0.2) is 0 Å². The predicted molar refractivity (Wildman–Crippen MR) is 86.8 cm³/mol. The molecule has 0 saturated heterocycles. The zero-order valence-electron chi connectivity index (χ0n) is 12.3. The summed E-state index contributed by atoms with van der Waals surface area (Å²) in [6.45, 7) is 7.49. The Labute approximate surface area is 121 Å². The third-order valence-electron chi connectivity index (χ3n) is 4.07. The zero-order chi connectivity index (χ0) is 13.9. The minimum Gasteiger partial charge on any atom is -0.383 e. The molecule has 0 aromatic heterocycles. The van der Waals surface area contributed by atoms with E-state index in [1.807, 2.05) is 0 Å². The predicted octanol–water partition coefficient (Wildman–Crippen LogP) is 3.78. The first-order chi connectivity index (χ1) is 9.74. The molecule has 0 bridgehead atoms. The minimum atomic E-state index is 0.985. The second-order valence-electron chi connectivity index (χ2n) is 5.61. The lowest BCUT2D eigenvalue weighted by atomic mass is 10.1. The Kier molecular flexibility index (Phi) is 3.64. The summed E-state index contributed by atoms with van der Waals surface area (Å²) in [7, 11) is 0. The van der Waals surface area contributed by atoms with E-state index in [1.54, 1.807) is 0 Å². The Morgan fingerprint density at radius 1 is 1.10 bits per heavy atom. The van der Waals surface area contributed by atoms with Crippen LogP contribution in [-0.4, -0.2) is 19.6 Å². The Morgan fingerprint density at radius 2 is 1.95 bits per heavy atom. The molecule has 0 spiro atoms. The van der Waals surface area contributed by atoms with Crippen molar-refractivity contribution in [1.29, 1.82) is 0 Å². The summed E-state index contributed by atoms with van der Waals surface area (Å²) in [6, 6.07) is 15.3. The summed E-state index contributed by atoms with van der Waals surface area (Å²) in [4.78, 5) is 2.48. The summed E-state index contributed by atoms with van der Waals surface area (Å²) in [5.41, 5.74) is 6.79. The van der Waals surface area contributed by atoms with E-state index in [-0.39, 0.29) is 0 Å². The fraction of sp³-hybridized carbons (Fsp3) is 0.333. The van der Waals surface area contributed by atoms with Gasteiger partial charge in [-0.15, -0.1) is 0 Å². The van der Waals surface area contributed by atoms with Crippen molar-refractivity contribution in [3.05, 3.63) is 59.2 Å². The highest BCUT2D eigenvalue weighted by Gasteiger charge is 2.17. The third kappa shape index (κ3) is 2.64. The molecule has 0 radical (unpaired) electrons. The molecule has 0 amide bonds. The van der Waals surface area contributed by atoms with Gasteiger partial charge < -0.3 is 10.2 Å². The second-order valence-corrected chi connectivity index (χ2v) is 5.61. The molecule has 1 aliphatic heterocycles. The first kappa shape index (κ1) is 13.0. The van der Waals surface area contributed by atoms with Crippen LogP contribution in [0.2, 0.25) is 0 Å². The lowest BCUT2D eigenvalue weighted by molar-refractivity contribution is 0.838. The molecule has 2 heteroatoms. The molecule has 0 fully saturated rings. The SMILES string of the molecule is Cc1ccc(C)c(NCCN2CCc3ccccc32)c1. The van der Waals surface area contributed by atoms with Crippen molar-refractivity contribution < 1.29 is 0 Å². The number of anilines is 2. The smallest absolute Gasteiger partial charge is 0.0400 e. The van der Waals surface area contributed by atoms with Crippen LogP contribution in [-0.2, 0) is 6.42 Å². The topological polar surface area (TPSA) is 15.3 Å². The van der Waals surface area contributed by atoms with Crippen molar-refractivity contribution in [2.45, 2.75) is 20.3 Å². The highest BCUT2D eigenvalue weighted by atomic mass is 15.2. The molecule has 3 rings (SSSR count). The average Bonchev–Trinajstić information content (AvgIpc) is 2.86. The standard InChI is InChI=1S/C18H22N2/c1-14-7-8-15(2)17(13-14)19-10-12-20-11-9-16-5-3-4-6-18(16)20/h3-8,13,19H,9-12H2,1-2H3. The van der Waals surface area contributed by atoms with Gasteiger partial charge in [-0.05, 0) is 49.1 Å². The van der Waals surface area contributed by atoms with Gasteiger partial charge in [0.1, 0.15) is 0 Å². The summed E-state index contributed by atoms with van der Waals surface area (Å²) in [5, 5.41) is 3.57. The monoisotopic (exact) mass is 266 g/mol. The van der Waals surface area contributed by atoms with Gasteiger partial charge in [-0.2, -0.15) is 0 Å². The van der Waals surface area contributed by atoms with Crippen molar-refractivity contribution in [2.75, 3.05) is 29.9 Å². The summed E-state index contributed by atoms with van der Waals surface area (Å²) >= 11 is 0. The first-order valence-electron chi connectivity index (χ1n) is 7.38. The van der Waals surface area contributed by atoms with Crippen LogP contribution in [0.4, 0.5) is 11.4 Å². The Hall–Kier alpha value is -1.96. The second kappa shape index (κ2) is 5.58. The molecule has 0 aliphatic carbocycles. The van der Waals surface area contributed by atoms with Crippen LogP contribution in [0.3, 0.4) is 0 Å². The van der Waals surface area contributed by atoms with Crippen LogP contribution in [0.5, 0.6) is 0 Å². The lowest BCUT2D eigenvalue weighted by Crippen LogP contribution is -2.27. The number of nitrogens with zero attached hydrogens (tertiary/aromatic N) is 1. The van der Waals surface area contributed by atoms with E-state index in [0.717, 1.165) is 19.6 Å². The van der Waals surface area contributed by atoms with Gasteiger partial charge in [-0.3, -0.25) is 0 Å². The zero-order valence-corrected chi connectivity index (χ0v) is 12.3. The quantitative estimate of drug-likeness (QED) is 0.906. The molecule has 2 aromatic carbocycles. The normalized spacial score (nSPS) is 13.4. The maximum atomic E-state index is 3.57. The van der Waals surface area contributed by atoms with Gasteiger partial charge >= 0.3 is 0 Å². The molecule has 2 aromatic rings. The van der Waals surface area contributed by atoms with E-state index in [2.05, 4.69) is 66.5 Å². The fourth-order valence-electron chi connectivity index (χ4n) is 2.89. The number of aryl methyl sites for hydroxylation is 2. The van der Waals surface area contributed by atoms with Gasteiger partial charge in [0.2, 0.25) is 0 Å². The van der Waals surface area contributed by atoms with E-state index in [1.165, 1.54) is 34.5 Å². The highest BCUT2D eigenvalue weighted by molar-refractivity contribution is 5.58. The summed E-state index contributed by atoms with van der Waals surface area (Å²) in [6.07, 6.45) is 1.18. The van der Waals surface area contributed by atoms with Crippen LogP contribution in [0.1, 0.15) is 16.7 Å². The van der Waals surface area contributed by atoms with Crippen LogP contribution >= 0.6 is 0 Å². The van der Waals surface area contributed by atoms with Gasteiger partial charge in [0, 0.05) is 31.0 Å². The van der Waals surface area contributed by atoms with E-state index in [4.69, 9.17) is 0 Å². The number of nitrogens with one attached hydrogen (secondary N) is 1. The molecule has 0 atom stereocenters. The molecule has 0 unspecified atom stereocenters. The number of hydrogen-bond acceptors (Lipinski definition) is 2. The van der Waals surface area contributed by atoms with Gasteiger partial charge in [0.05, 0.1) is 0 Å². The molecule has 1 N–H and O–H groups in total. The first-order valence-corrected chi connectivity index (χ1v) is 7.38. The molecule has 0 saturated carbocycles. The maximum Gasteiger partial charge on any atom is 0.0400 e. The Morgan fingerprint density at radius 3 is 2.85 bits per heavy atom. The van der Waals surface area contributed by atoms with Crippen molar-refractivity contribution in [2.24, 2.45) is 0 Å². The maximum absolute atomic E-state index is 3.57. The van der Waals surface area contributed by atoms with Crippen molar-refractivity contribution in [3.63, 3.8) is 0 Å². The molecule has 20 heavy (non-hydrogen) atoms. The van der Waals surface area contributed by atoms with Crippen molar-refractivity contribution >= 4 is 11.4 Å². The highest BCUT2D eigenvalue weighted by Crippen LogP contribution is 2.26. The number of para-hydroxylation sites is 1. The number of benzene rings is 2.